The Kier molecular flexibility index (Phi) is 7.33. The van der Waals surface area contributed by atoms with Crippen LogP contribution >= 0.6 is 0 Å². The third-order valence-corrected chi connectivity index (χ3v) is 5.16. The summed E-state index contributed by atoms with van der Waals surface area (Å²) < 4.78 is 56.9. The molecular weight excluding hydrogens is 426 g/mol. The zero-order valence-corrected chi connectivity index (χ0v) is 17.7. The molecular formula is C18H28F2N2O9. The van der Waals surface area contributed by atoms with E-state index >= 15 is 4.39 Å². The van der Waals surface area contributed by atoms with E-state index in [0.29, 0.717) is 13.0 Å². The molecule has 11 nitrogen and oxygen atoms in total. The van der Waals surface area contributed by atoms with E-state index in [0.717, 1.165) is 7.11 Å². The van der Waals surface area contributed by atoms with E-state index in [2.05, 4.69) is 15.4 Å². The molecule has 0 aromatic rings. The Hall–Kier alpha value is -1.64. The monoisotopic (exact) mass is 454 g/mol. The maximum absolute atomic E-state index is 15.5. The number of alkyl carbamates (subject to hydrolysis) is 1. The van der Waals surface area contributed by atoms with E-state index in [1.807, 2.05) is 6.92 Å². The van der Waals surface area contributed by atoms with Crippen molar-refractivity contribution in [2.24, 2.45) is 0 Å². The highest BCUT2D eigenvalue weighted by atomic mass is 19.2. The molecule has 2 N–H and O–H groups in total. The average Bonchev–Trinajstić information content (AvgIpc) is 3.12. The van der Waals surface area contributed by atoms with Crippen LogP contribution in [0.2, 0.25) is 0 Å². The molecule has 7 atom stereocenters. The van der Waals surface area contributed by atoms with Crippen LogP contribution in [0.25, 0.3) is 0 Å². The number of ether oxygens (including phenoxy) is 5. The van der Waals surface area contributed by atoms with Gasteiger partial charge < -0.3 is 29.0 Å². The van der Waals surface area contributed by atoms with Gasteiger partial charge in [0.05, 0.1) is 19.8 Å². The van der Waals surface area contributed by atoms with Crippen molar-refractivity contribution in [3.8, 4) is 0 Å². The van der Waals surface area contributed by atoms with Gasteiger partial charge in [0, 0.05) is 6.54 Å². The van der Waals surface area contributed by atoms with Crippen molar-refractivity contribution in [1.82, 2.24) is 10.6 Å². The minimum atomic E-state index is -3.53. The summed E-state index contributed by atoms with van der Waals surface area (Å²) in [6, 6.07) is -1.05. The van der Waals surface area contributed by atoms with Gasteiger partial charge in [-0.1, -0.05) is 6.92 Å². The molecule has 31 heavy (non-hydrogen) atoms. The molecule has 3 heterocycles. The normalized spacial score (nSPS) is 38.1. The number of carbonyl (C=O) groups excluding carboxylic acids is 2. The maximum Gasteiger partial charge on any atom is 0.407 e. The summed E-state index contributed by atoms with van der Waals surface area (Å²) in [6.07, 6.45) is -7.98. The number of carbonyl (C=O) groups is 2. The van der Waals surface area contributed by atoms with Crippen molar-refractivity contribution in [3.63, 3.8) is 0 Å². The summed E-state index contributed by atoms with van der Waals surface area (Å²) in [5.41, 5.74) is 0. The summed E-state index contributed by atoms with van der Waals surface area (Å²) in [5, 5.41) is 5.33. The van der Waals surface area contributed by atoms with Crippen molar-refractivity contribution in [2.45, 2.75) is 75.5 Å². The number of nitrogens with one attached hydrogen (secondary N) is 2. The number of hydrogen-bond donors (Lipinski definition) is 2. The second kappa shape index (κ2) is 9.46. The number of alkyl halides is 2. The van der Waals surface area contributed by atoms with Crippen LogP contribution in [0.5, 0.6) is 0 Å². The van der Waals surface area contributed by atoms with Crippen LogP contribution < -0.4 is 10.6 Å². The summed E-state index contributed by atoms with van der Waals surface area (Å²) in [6.45, 7) is 5.27. The Morgan fingerprint density at radius 3 is 2.68 bits per heavy atom. The first kappa shape index (κ1) is 24.0. The first-order chi connectivity index (χ1) is 14.6. The van der Waals surface area contributed by atoms with E-state index in [4.69, 9.17) is 28.7 Å². The Labute approximate surface area is 177 Å². The molecule has 0 aromatic carbocycles. The number of halogens is 2. The van der Waals surface area contributed by atoms with E-state index < -0.39 is 60.3 Å². The van der Waals surface area contributed by atoms with E-state index in [1.54, 1.807) is 13.8 Å². The van der Waals surface area contributed by atoms with E-state index in [-0.39, 0.29) is 13.3 Å². The minimum Gasteiger partial charge on any atom is -0.465 e. The van der Waals surface area contributed by atoms with Crippen LogP contribution in [-0.2, 0) is 38.3 Å². The van der Waals surface area contributed by atoms with Gasteiger partial charge in [-0.2, -0.15) is 4.39 Å². The lowest BCUT2D eigenvalue weighted by molar-refractivity contribution is -0.409. The van der Waals surface area contributed by atoms with Gasteiger partial charge in [0.2, 0.25) is 6.17 Å². The molecule has 3 aliphatic heterocycles. The SMILES string of the molecule is CCCNC(=O)O[C@@H](C1OC(F)(C(=O)OC)C(F)C2OOCNC21)[C@H]1COC(C)(C)O1. The topological polar surface area (TPSA) is 123 Å². The lowest BCUT2D eigenvalue weighted by atomic mass is 9.87. The van der Waals surface area contributed by atoms with Gasteiger partial charge >= 0.3 is 17.9 Å². The zero-order valence-electron chi connectivity index (χ0n) is 17.7. The summed E-state index contributed by atoms with van der Waals surface area (Å²) in [4.78, 5) is 34.1. The van der Waals surface area contributed by atoms with Gasteiger partial charge in [-0.25, -0.2) is 23.8 Å². The fourth-order valence-corrected chi connectivity index (χ4v) is 3.70. The summed E-state index contributed by atoms with van der Waals surface area (Å²) in [7, 11) is 0.889. The van der Waals surface area contributed by atoms with Gasteiger partial charge in [-0.15, -0.1) is 0 Å². The molecule has 178 valence electrons. The van der Waals surface area contributed by atoms with Crippen LogP contribution in [0, 0.1) is 0 Å². The predicted molar refractivity (Wildman–Crippen MR) is 96.8 cm³/mol. The first-order valence-corrected chi connectivity index (χ1v) is 10.00. The molecule has 0 spiro atoms. The molecule has 0 bridgehead atoms. The van der Waals surface area contributed by atoms with Gasteiger partial charge in [-0.05, 0) is 20.3 Å². The molecule has 1 amide bonds. The molecule has 0 saturated carbocycles. The van der Waals surface area contributed by atoms with Crippen molar-refractivity contribution >= 4 is 12.1 Å². The molecule has 0 radical (unpaired) electrons. The molecule has 3 saturated heterocycles. The zero-order chi connectivity index (χ0) is 22.8. The fourth-order valence-electron chi connectivity index (χ4n) is 3.70. The summed E-state index contributed by atoms with van der Waals surface area (Å²) in [5.74, 6) is -6.15. The van der Waals surface area contributed by atoms with Crippen LogP contribution in [0.15, 0.2) is 0 Å². The third kappa shape index (κ3) is 4.91. The van der Waals surface area contributed by atoms with Crippen LogP contribution in [0.4, 0.5) is 13.6 Å². The second-order valence-corrected chi connectivity index (χ2v) is 7.84. The smallest absolute Gasteiger partial charge is 0.407 e. The Morgan fingerprint density at radius 1 is 1.32 bits per heavy atom. The minimum absolute atomic E-state index is 0.0239. The lowest BCUT2D eigenvalue weighted by Gasteiger charge is -2.48. The second-order valence-electron chi connectivity index (χ2n) is 7.84. The van der Waals surface area contributed by atoms with Crippen molar-refractivity contribution in [1.29, 1.82) is 0 Å². The van der Waals surface area contributed by atoms with Crippen molar-refractivity contribution in [2.75, 3.05) is 27.0 Å². The van der Waals surface area contributed by atoms with Gasteiger partial charge in [0.25, 0.3) is 0 Å². The lowest BCUT2D eigenvalue weighted by Crippen LogP contribution is -2.73. The Balaban J connectivity index is 1.93. The van der Waals surface area contributed by atoms with Crippen LogP contribution in [0.3, 0.4) is 0 Å². The van der Waals surface area contributed by atoms with Gasteiger partial charge in [-0.3, -0.25) is 5.32 Å². The number of fused-ring (bicyclic) bond motifs is 1. The average molecular weight is 454 g/mol. The van der Waals surface area contributed by atoms with Crippen LogP contribution in [0.1, 0.15) is 27.2 Å². The standard InChI is InChI=1S/C18H28F2N2O9/c1-5-6-21-16(24)28-11(9-7-26-17(2,3)29-9)12-10-13(31-27-8-22-10)14(19)18(20,30-12)15(23)25-4/h9-14,22H,5-8H2,1-4H3,(H,21,24)/t9-,10?,11-,12?,13?,14?,18?/m1/s1. The highest BCUT2D eigenvalue weighted by Gasteiger charge is 2.66. The molecule has 5 unspecified atom stereocenters. The highest BCUT2D eigenvalue weighted by Crippen LogP contribution is 2.40. The summed E-state index contributed by atoms with van der Waals surface area (Å²) >= 11 is 0. The number of hydrogen-bond acceptors (Lipinski definition) is 10. The number of amides is 1. The van der Waals surface area contributed by atoms with Crippen LogP contribution in [-0.4, -0.2) is 87.3 Å². The molecule has 3 rings (SSSR count). The molecule has 0 aromatic heterocycles. The largest absolute Gasteiger partial charge is 0.465 e. The predicted octanol–water partition coefficient (Wildman–Crippen LogP) is 0.465. The third-order valence-electron chi connectivity index (χ3n) is 5.16. The molecule has 0 aliphatic carbocycles. The molecule has 3 fully saturated rings. The number of methoxy groups -OCH3 is 1. The molecule has 13 heteroatoms. The van der Waals surface area contributed by atoms with Gasteiger partial charge in [0.1, 0.15) is 25.0 Å². The quantitative estimate of drug-likeness (QED) is 0.432. The van der Waals surface area contributed by atoms with E-state index in [1.165, 1.54) is 0 Å². The maximum atomic E-state index is 15.5. The first-order valence-electron chi connectivity index (χ1n) is 10.00. The Morgan fingerprint density at radius 2 is 2.06 bits per heavy atom. The fraction of sp³-hybridized carbons (Fsp3) is 0.889. The van der Waals surface area contributed by atoms with Gasteiger partial charge in [0.15, 0.2) is 11.9 Å². The highest BCUT2D eigenvalue weighted by molar-refractivity contribution is 5.79. The number of rotatable bonds is 6. The Bertz CT molecular complexity index is 670. The van der Waals surface area contributed by atoms with E-state index in [9.17, 15) is 14.0 Å². The van der Waals surface area contributed by atoms with Crippen molar-refractivity contribution < 1.29 is 51.8 Å². The molecule has 3 aliphatic rings. The number of esters is 1. The van der Waals surface area contributed by atoms with Crippen molar-refractivity contribution in [3.05, 3.63) is 0 Å².